The van der Waals surface area contributed by atoms with Gasteiger partial charge in [-0.2, -0.15) is 0 Å². The second kappa shape index (κ2) is 8.43. The van der Waals surface area contributed by atoms with Crippen LogP contribution >= 0.6 is 15.9 Å². The van der Waals surface area contributed by atoms with Gasteiger partial charge < -0.3 is 19.6 Å². The Morgan fingerprint density at radius 2 is 1.71 bits per heavy atom. The number of rotatable bonds is 3. The van der Waals surface area contributed by atoms with Crippen LogP contribution in [0.4, 0.5) is 10.5 Å². The lowest BCUT2D eigenvalue weighted by Crippen LogP contribution is -2.48. The number of aliphatic hydroxyl groups is 1. The molecule has 3 aromatic rings. The van der Waals surface area contributed by atoms with E-state index in [1.165, 1.54) is 22.3 Å². The van der Waals surface area contributed by atoms with Crippen molar-refractivity contribution in [2.24, 2.45) is 5.92 Å². The first-order chi connectivity index (χ1) is 16.6. The van der Waals surface area contributed by atoms with Crippen molar-refractivity contribution in [3.8, 4) is 11.1 Å². The molecule has 6 heteroatoms. The second-order valence-electron chi connectivity index (χ2n) is 9.46. The fourth-order valence-corrected chi connectivity index (χ4v) is 6.69. The van der Waals surface area contributed by atoms with Crippen LogP contribution in [-0.2, 0) is 4.74 Å². The number of nitrogens with zero attached hydrogens (tertiary/aromatic N) is 2. The SMILES string of the molecule is CN1c2ccc(Br)cc2[C@H]2[C@H](CCN2C(=O)OCC2c3ccccc3-c3ccccc32)[C@@H]1CO. The van der Waals surface area contributed by atoms with Crippen molar-refractivity contribution >= 4 is 27.7 Å². The fourth-order valence-electron chi connectivity index (χ4n) is 6.31. The molecule has 0 bridgehead atoms. The Balaban J connectivity index is 1.27. The number of likely N-dealkylation sites (N-methyl/N-ethyl adjacent to an activating group) is 1. The molecule has 174 valence electrons. The number of carbonyl (C=O) groups excluding carboxylic acids is 1. The molecule has 0 aromatic heterocycles. The monoisotopic (exact) mass is 518 g/mol. The van der Waals surface area contributed by atoms with E-state index in [0.29, 0.717) is 13.2 Å². The maximum atomic E-state index is 13.5. The Bertz CT molecular complexity index is 1220. The van der Waals surface area contributed by atoms with Crippen LogP contribution in [0.25, 0.3) is 11.1 Å². The van der Waals surface area contributed by atoms with Crippen LogP contribution in [0.15, 0.2) is 71.2 Å². The van der Waals surface area contributed by atoms with Gasteiger partial charge in [0.25, 0.3) is 0 Å². The molecule has 1 saturated heterocycles. The second-order valence-corrected chi connectivity index (χ2v) is 10.4. The third-order valence-electron chi connectivity index (χ3n) is 7.88. The van der Waals surface area contributed by atoms with Crippen molar-refractivity contribution in [1.29, 1.82) is 0 Å². The van der Waals surface area contributed by atoms with Crippen molar-refractivity contribution in [3.05, 3.63) is 87.9 Å². The number of anilines is 1. The lowest BCUT2D eigenvalue weighted by molar-refractivity contribution is 0.0861. The third kappa shape index (κ3) is 3.27. The van der Waals surface area contributed by atoms with E-state index in [4.69, 9.17) is 4.74 Å². The van der Waals surface area contributed by atoms with Crippen molar-refractivity contribution in [3.63, 3.8) is 0 Å². The van der Waals surface area contributed by atoms with Gasteiger partial charge in [0.2, 0.25) is 0 Å². The number of amides is 1. The highest BCUT2D eigenvalue weighted by molar-refractivity contribution is 9.10. The highest BCUT2D eigenvalue weighted by Crippen LogP contribution is 2.50. The lowest BCUT2D eigenvalue weighted by atomic mass is 9.82. The van der Waals surface area contributed by atoms with Gasteiger partial charge in [-0.1, -0.05) is 64.5 Å². The number of halogens is 1. The van der Waals surface area contributed by atoms with Crippen LogP contribution in [0.1, 0.15) is 35.1 Å². The molecular formula is C28H27BrN2O3. The Kier molecular flexibility index (Phi) is 5.38. The molecule has 34 heavy (non-hydrogen) atoms. The molecule has 0 spiro atoms. The highest BCUT2D eigenvalue weighted by Gasteiger charge is 2.48. The highest BCUT2D eigenvalue weighted by atomic mass is 79.9. The smallest absolute Gasteiger partial charge is 0.410 e. The molecule has 1 amide bonds. The summed E-state index contributed by atoms with van der Waals surface area (Å²) in [6, 6.07) is 22.8. The minimum absolute atomic E-state index is 0.0231. The average Bonchev–Trinajstić information content (AvgIpc) is 3.43. The third-order valence-corrected chi connectivity index (χ3v) is 8.38. The quantitative estimate of drug-likeness (QED) is 0.492. The maximum absolute atomic E-state index is 13.5. The molecule has 1 aliphatic carbocycles. The van der Waals surface area contributed by atoms with Crippen LogP contribution in [0.2, 0.25) is 0 Å². The van der Waals surface area contributed by atoms with Gasteiger partial charge in [0.15, 0.2) is 0 Å². The van der Waals surface area contributed by atoms with E-state index in [-0.39, 0.29) is 36.6 Å². The van der Waals surface area contributed by atoms with Gasteiger partial charge >= 0.3 is 6.09 Å². The van der Waals surface area contributed by atoms with Crippen molar-refractivity contribution in [2.75, 3.05) is 31.7 Å². The lowest BCUT2D eigenvalue weighted by Gasteiger charge is -2.44. The molecule has 1 fully saturated rings. The molecular weight excluding hydrogens is 492 g/mol. The number of aliphatic hydroxyl groups excluding tert-OH is 1. The predicted molar refractivity (Wildman–Crippen MR) is 136 cm³/mol. The standard InChI is InChI=1S/C28H27BrN2O3/c1-30-25-11-10-17(29)14-23(25)27-22(26(30)15-32)12-13-31(27)28(33)34-16-24-20-8-4-2-6-18(20)19-7-3-5-9-21(19)24/h2-11,14,22,24,26-27,32H,12-13,15-16H2,1H3/t22-,26+,27-/m1/s1. The number of hydrogen-bond acceptors (Lipinski definition) is 4. The number of carbonyl (C=O) groups is 1. The molecule has 3 aromatic carbocycles. The van der Waals surface area contributed by atoms with Crippen LogP contribution in [0, 0.1) is 5.92 Å². The van der Waals surface area contributed by atoms with Gasteiger partial charge in [-0.05, 0) is 52.4 Å². The minimum atomic E-state index is -0.276. The summed E-state index contributed by atoms with van der Waals surface area (Å²) in [6.07, 6.45) is 0.567. The molecule has 0 radical (unpaired) electrons. The van der Waals surface area contributed by atoms with Crippen LogP contribution in [-0.4, -0.2) is 48.9 Å². The fraction of sp³-hybridized carbons (Fsp3) is 0.321. The molecule has 6 rings (SSSR count). The van der Waals surface area contributed by atoms with Gasteiger partial charge in [-0.25, -0.2) is 4.79 Å². The van der Waals surface area contributed by atoms with Gasteiger partial charge in [-0.15, -0.1) is 0 Å². The number of benzene rings is 3. The van der Waals surface area contributed by atoms with E-state index in [1.54, 1.807) is 0 Å². The summed E-state index contributed by atoms with van der Waals surface area (Å²) >= 11 is 3.60. The van der Waals surface area contributed by atoms with E-state index >= 15 is 0 Å². The first-order valence-electron chi connectivity index (χ1n) is 11.8. The van der Waals surface area contributed by atoms with Gasteiger partial charge in [0.1, 0.15) is 6.61 Å². The predicted octanol–water partition coefficient (Wildman–Crippen LogP) is 5.57. The van der Waals surface area contributed by atoms with E-state index in [0.717, 1.165) is 22.1 Å². The van der Waals surface area contributed by atoms with Crippen molar-refractivity contribution in [1.82, 2.24) is 4.90 Å². The molecule has 0 saturated carbocycles. The summed E-state index contributed by atoms with van der Waals surface area (Å²) in [6.45, 7) is 1.00. The zero-order valence-electron chi connectivity index (χ0n) is 19.0. The van der Waals surface area contributed by atoms with E-state index < -0.39 is 0 Å². The zero-order chi connectivity index (χ0) is 23.4. The summed E-state index contributed by atoms with van der Waals surface area (Å²) < 4.78 is 7.00. The molecule has 5 nitrogen and oxygen atoms in total. The largest absolute Gasteiger partial charge is 0.448 e. The van der Waals surface area contributed by atoms with Crippen molar-refractivity contribution in [2.45, 2.75) is 24.4 Å². The van der Waals surface area contributed by atoms with Crippen LogP contribution < -0.4 is 4.90 Å². The topological polar surface area (TPSA) is 53.0 Å². The normalized spacial score (nSPS) is 22.7. The molecule has 0 unspecified atom stereocenters. The maximum Gasteiger partial charge on any atom is 0.410 e. The first-order valence-corrected chi connectivity index (χ1v) is 12.6. The number of likely N-dealkylation sites (tertiary alicyclic amines) is 1. The van der Waals surface area contributed by atoms with Gasteiger partial charge in [0.05, 0.1) is 18.7 Å². The molecule has 1 N–H and O–H groups in total. The summed E-state index contributed by atoms with van der Waals surface area (Å²) in [5.41, 5.74) is 7.04. The molecule has 2 heterocycles. The Morgan fingerprint density at radius 1 is 1.03 bits per heavy atom. The summed E-state index contributed by atoms with van der Waals surface area (Å²) in [4.78, 5) is 17.5. The molecule has 3 atom stereocenters. The minimum Gasteiger partial charge on any atom is -0.448 e. The van der Waals surface area contributed by atoms with Crippen LogP contribution in [0.5, 0.6) is 0 Å². The van der Waals surface area contributed by atoms with E-state index in [2.05, 4.69) is 69.4 Å². The van der Waals surface area contributed by atoms with Crippen molar-refractivity contribution < 1.29 is 14.6 Å². The van der Waals surface area contributed by atoms with Gasteiger partial charge in [-0.3, -0.25) is 0 Å². The summed E-state index contributed by atoms with van der Waals surface area (Å²) in [5, 5.41) is 10.2. The number of ether oxygens (including phenoxy) is 1. The first kappa shape index (κ1) is 21.7. The van der Waals surface area contributed by atoms with Gasteiger partial charge in [0, 0.05) is 35.6 Å². The average molecular weight is 519 g/mol. The Labute approximate surface area is 208 Å². The van der Waals surface area contributed by atoms with E-state index in [9.17, 15) is 9.90 Å². The van der Waals surface area contributed by atoms with E-state index in [1.807, 2.05) is 30.1 Å². The number of fused-ring (bicyclic) bond motifs is 6. The summed E-state index contributed by atoms with van der Waals surface area (Å²) in [7, 11) is 2.03. The Hall–Kier alpha value is -2.83. The Morgan fingerprint density at radius 3 is 2.38 bits per heavy atom. The summed E-state index contributed by atoms with van der Waals surface area (Å²) in [5.74, 6) is 0.205. The number of hydrogen-bond donors (Lipinski definition) is 1. The molecule has 3 aliphatic rings. The molecule has 2 aliphatic heterocycles. The van der Waals surface area contributed by atoms with Crippen LogP contribution in [0.3, 0.4) is 0 Å². The zero-order valence-corrected chi connectivity index (χ0v) is 20.6.